The Kier molecular flexibility index (Phi) is 13.9. The van der Waals surface area contributed by atoms with Gasteiger partial charge in [0.2, 0.25) is 17.7 Å². The number of nitrogens with zero attached hydrogens (tertiary/aromatic N) is 6. The molecule has 1 unspecified atom stereocenters. The van der Waals surface area contributed by atoms with Crippen LogP contribution in [0.25, 0.3) is 26.4 Å². The van der Waals surface area contributed by atoms with Crippen molar-refractivity contribution in [2.45, 2.75) is 123 Å². The first kappa shape index (κ1) is 50.8. The van der Waals surface area contributed by atoms with E-state index in [-0.39, 0.29) is 49.2 Å². The minimum Gasteiger partial charge on any atom is -0.490 e. The summed E-state index contributed by atoms with van der Waals surface area (Å²) in [7, 11) is 0. The molecular formula is C55H58ClN9O7S2. The molecule has 4 N–H and O–H groups in total. The summed E-state index contributed by atoms with van der Waals surface area (Å²) in [4.78, 5) is 69.0. The van der Waals surface area contributed by atoms with Crippen molar-refractivity contribution in [1.29, 1.82) is 0 Å². The summed E-state index contributed by atoms with van der Waals surface area (Å²) >= 11 is 9.51. The van der Waals surface area contributed by atoms with E-state index in [1.165, 1.54) is 4.90 Å². The number of halogens is 1. The molecule has 2 fully saturated rings. The molecule has 16 nitrogen and oxygen atoms in total. The number of nitrogens with one attached hydrogen (secondary N) is 3. The Morgan fingerprint density at radius 3 is 2.36 bits per heavy atom. The Labute approximate surface area is 441 Å². The second-order valence-corrected chi connectivity index (χ2v) is 23.2. The van der Waals surface area contributed by atoms with Gasteiger partial charge < -0.3 is 35.1 Å². The number of fused-ring (bicyclic) bond motifs is 4. The molecule has 0 spiro atoms. The highest BCUT2D eigenvalue weighted by molar-refractivity contribution is 7.15. The molecule has 6 heterocycles. The molecule has 19 heteroatoms. The van der Waals surface area contributed by atoms with Gasteiger partial charge in [-0.05, 0) is 93.1 Å². The number of likely N-dealkylation sites (tertiary alicyclic amines) is 1. The SMILES string of the molecule is Cc1ncsc1-c1ccc([C@H](C)NC(=O)[C@@H]2C[C@@H](O)CN2C(=O)C(NC(=O)c2cc3cc(OC4CC(NC(=O)C[C@@H]5N=C(c6ccc(Cl)cc6)c6c(sc(C)c6C)-n6c(C)nnc65)C4)ccc3o2)C(C)(C)C)cc1. The molecule has 384 valence electrons. The number of aliphatic hydroxyl groups is 1. The van der Waals surface area contributed by atoms with Crippen molar-refractivity contribution in [3.05, 3.63) is 134 Å². The Hall–Kier alpha value is -6.73. The van der Waals surface area contributed by atoms with Gasteiger partial charge >= 0.3 is 0 Å². The van der Waals surface area contributed by atoms with Gasteiger partial charge in [0.05, 0.1) is 40.4 Å². The van der Waals surface area contributed by atoms with Crippen molar-refractivity contribution in [3.8, 4) is 21.2 Å². The van der Waals surface area contributed by atoms with Crippen LogP contribution < -0.4 is 20.7 Å². The van der Waals surface area contributed by atoms with E-state index in [9.17, 15) is 24.3 Å². The second-order valence-electron chi connectivity index (χ2n) is 20.7. The number of β-amino-alcohol motifs (C(OH)–C–C–N with tert-alkyl or cyclic N) is 1. The Morgan fingerprint density at radius 2 is 1.66 bits per heavy atom. The number of carbonyl (C=O) groups excluding carboxylic acids is 4. The number of thiophene rings is 1. The van der Waals surface area contributed by atoms with Crippen LogP contribution in [0.4, 0.5) is 0 Å². The summed E-state index contributed by atoms with van der Waals surface area (Å²) in [6, 6.07) is 19.3. The van der Waals surface area contributed by atoms with Gasteiger partial charge in [-0.1, -0.05) is 68.8 Å². The molecule has 74 heavy (non-hydrogen) atoms. The second kappa shape index (κ2) is 20.2. The maximum Gasteiger partial charge on any atom is 0.287 e. The molecule has 5 atom stereocenters. The predicted octanol–water partition coefficient (Wildman–Crippen LogP) is 9.08. The van der Waals surface area contributed by atoms with Gasteiger partial charge in [0.15, 0.2) is 11.6 Å². The van der Waals surface area contributed by atoms with E-state index in [1.54, 1.807) is 46.9 Å². The number of hydrogen-bond donors (Lipinski definition) is 4. The number of aromatic nitrogens is 4. The van der Waals surface area contributed by atoms with Crippen LogP contribution in [0, 0.1) is 33.1 Å². The zero-order chi connectivity index (χ0) is 52.3. The third-order valence-corrected chi connectivity index (χ3v) is 16.7. The molecule has 1 saturated heterocycles. The largest absolute Gasteiger partial charge is 0.490 e. The smallest absolute Gasteiger partial charge is 0.287 e. The van der Waals surface area contributed by atoms with Crippen LogP contribution >= 0.6 is 34.3 Å². The molecule has 2 aliphatic heterocycles. The Balaban J connectivity index is 0.754. The highest BCUT2D eigenvalue weighted by Crippen LogP contribution is 2.40. The monoisotopic (exact) mass is 1060 g/mol. The van der Waals surface area contributed by atoms with Gasteiger partial charge in [-0.25, -0.2) is 4.98 Å². The lowest BCUT2D eigenvalue weighted by Crippen LogP contribution is -2.57. The summed E-state index contributed by atoms with van der Waals surface area (Å²) in [6.07, 6.45) is 0.255. The standard InChI is InChI=1S/C55H58ClN9O7S2/c1-27-30(4)74-54-46(27)47(33-13-15-36(56)16-14-33)60-41(50-63-62-31(5)65(50)54)24-45(67)59-37-21-40(22-37)71-39-17-18-43-35(19-39)20-44(72-43)52(69)61-49(55(6,7)8)53(70)64-25-38(66)23-42(64)51(68)58-28(2)32-9-11-34(12-10-32)48-29(3)57-26-73-48/h9-20,26,28,37-38,40-42,49,66H,21-25H2,1-8H3,(H,58,68)(H,59,67)(H,61,69)/t28-,37?,38+,40?,41-,42-,49?/m0/s1. The third kappa shape index (κ3) is 10.1. The first-order valence-corrected chi connectivity index (χ1v) is 26.8. The van der Waals surface area contributed by atoms with Crippen LogP contribution in [0.2, 0.25) is 5.02 Å². The minimum absolute atomic E-state index is 0.000667. The first-order chi connectivity index (χ1) is 35.3. The van der Waals surface area contributed by atoms with Crippen molar-refractivity contribution in [2.75, 3.05) is 6.54 Å². The molecule has 3 aliphatic rings. The molecule has 0 radical (unpaired) electrons. The summed E-state index contributed by atoms with van der Waals surface area (Å²) < 4.78 is 14.4. The quantitative estimate of drug-likeness (QED) is 0.0862. The summed E-state index contributed by atoms with van der Waals surface area (Å²) in [5, 5.41) is 31.1. The zero-order valence-corrected chi connectivity index (χ0v) is 44.7. The van der Waals surface area contributed by atoms with Gasteiger partial charge in [0.1, 0.15) is 46.4 Å². The van der Waals surface area contributed by atoms with Gasteiger partial charge in [-0.2, -0.15) is 0 Å². The van der Waals surface area contributed by atoms with Crippen LogP contribution in [-0.2, 0) is 14.4 Å². The molecule has 10 rings (SSSR count). The fourth-order valence-corrected chi connectivity index (χ4v) is 12.1. The number of carbonyl (C=O) groups is 4. The Morgan fingerprint density at radius 1 is 0.932 bits per heavy atom. The number of furan rings is 1. The number of rotatable bonds is 13. The number of ether oxygens (including phenoxy) is 1. The lowest BCUT2D eigenvalue weighted by molar-refractivity contribution is -0.142. The van der Waals surface area contributed by atoms with E-state index < -0.39 is 47.4 Å². The Bertz CT molecular complexity index is 3330. The lowest BCUT2D eigenvalue weighted by Gasteiger charge is -2.36. The number of aliphatic hydroxyl groups excluding tert-OH is 1. The fourth-order valence-electron chi connectivity index (χ4n) is 9.99. The normalized spacial score (nSPS) is 20.2. The molecule has 7 aromatic rings. The van der Waals surface area contributed by atoms with Crippen molar-refractivity contribution in [1.82, 2.24) is 40.6 Å². The van der Waals surface area contributed by atoms with E-state index in [4.69, 9.17) is 25.7 Å². The molecule has 1 aliphatic carbocycles. The fraction of sp³-hybridized carbons (Fsp3) is 0.382. The zero-order valence-electron chi connectivity index (χ0n) is 42.4. The number of aryl methyl sites for hydroxylation is 3. The maximum atomic E-state index is 14.4. The third-order valence-electron chi connectivity index (χ3n) is 14.2. The lowest BCUT2D eigenvalue weighted by atomic mass is 9.85. The van der Waals surface area contributed by atoms with Gasteiger partial charge in [0.25, 0.3) is 5.91 Å². The van der Waals surface area contributed by atoms with Crippen molar-refractivity contribution >= 4 is 74.6 Å². The highest BCUT2D eigenvalue weighted by atomic mass is 35.5. The summed E-state index contributed by atoms with van der Waals surface area (Å²) in [5.41, 5.74) is 8.16. The molecule has 3 aromatic carbocycles. The van der Waals surface area contributed by atoms with Crippen molar-refractivity contribution < 1.29 is 33.4 Å². The van der Waals surface area contributed by atoms with E-state index in [0.29, 0.717) is 40.4 Å². The van der Waals surface area contributed by atoms with Crippen LogP contribution in [0.3, 0.4) is 0 Å². The van der Waals surface area contributed by atoms with E-state index in [0.717, 1.165) is 59.8 Å². The number of thiazole rings is 1. The number of aliphatic imine (C=N–C) groups is 1. The number of benzene rings is 3. The average Bonchev–Trinajstić information content (AvgIpc) is 4.19. The summed E-state index contributed by atoms with van der Waals surface area (Å²) in [6.45, 7) is 15.4. The van der Waals surface area contributed by atoms with E-state index in [1.807, 2.05) is 100 Å². The van der Waals surface area contributed by atoms with Crippen molar-refractivity contribution in [2.24, 2.45) is 10.4 Å². The molecule has 4 amide bonds. The van der Waals surface area contributed by atoms with E-state index >= 15 is 0 Å². The average molecular weight is 1060 g/mol. The molecule has 4 aromatic heterocycles. The highest BCUT2D eigenvalue weighted by Gasteiger charge is 2.45. The molecular weight excluding hydrogens is 998 g/mol. The van der Waals surface area contributed by atoms with Gasteiger partial charge in [0, 0.05) is 58.3 Å². The minimum atomic E-state index is -1.06. The topological polar surface area (TPSA) is 206 Å². The van der Waals surface area contributed by atoms with Crippen LogP contribution in [0.5, 0.6) is 5.75 Å². The maximum absolute atomic E-state index is 14.4. The van der Waals surface area contributed by atoms with E-state index in [2.05, 4.69) is 45.0 Å². The molecule has 1 saturated carbocycles. The number of hydrogen-bond acceptors (Lipinski definition) is 13. The van der Waals surface area contributed by atoms with Crippen LogP contribution in [0.15, 0.2) is 87.7 Å². The van der Waals surface area contributed by atoms with Gasteiger partial charge in [-0.3, -0.25) is 28.7 Å². The van der Waals surface area contributed by atoms with Crippen LogP contribution in [0.1, 0.15) is 120 Å². The van der Waals surface area contributed by atoms with Crippen molar-refractivity contribution in [3.63, 3.8) is 0 Å². The van der Waals surface area contributed by atoms with Gasteiger partial charge in [-0.15, -0.1) is 32.9 Å². The van der Waals surface area contributed by atoms with Crippen LogP contribution in [-0.4, -0.2) is 96.0 Å². The number of amides is 4. The molecule has 0 bridgehead atoms. The first-order valence-electron chi connectivity index (χ1n) is 24.8. The predicted molar refractivity (Wildman–Crippen MR) is 285 cm³/mol. The summed E-state index contributed by atoms with van der Waals surface area (Å²) in [5.74, 6) is 0.276.